The van der Waals surface area contributed by atoms with Crippen LogP contribution in [-0.2, 0) is 27.5 Å². The van der Waals surface area contributed by atoms with Crippen molar-refractivity contribution in [2.45, 2.75) is 64.6 Å². The molecular weight excluding hydrogens is 637 g/mol. The molecule has 11 nitrogen and oxygen atoms in total. The summed E-state index contributed by atoms with van der Waals surface area (Å²) in [5.74, 6) is -3.13. The molecule has 2 N–H and O–H groups in total. The number of pyridine rings is 2. The van der Waals surface area contributed by atoms with Crippen LogP contribution < -0.4 is 10.1 Å². The molecule has 1 aromatic carbocycles. The minimum Gasteiger partial charge on any atom is -0.481 e. The number of fused-ring (bicyclic) bond motifs is 2. The van der Waals surface area contributed by atoms with Crippen LogP contribution in [0.4, 0.5) is 13.2 Å². The molecular formula is C32H37F3N6O5S. The number of hydrogen-bond acceptors (Lipinski definition) is 8. The molecule has 1 atom stereocenters. The second kappa shape index (κ2) is 12.8. The highest BCUT2D eigenvalue weighted by Gasteiger charge is 2.42. The van der Waals surface area contributed by atoms with E-state index in [-0.39, 0.29) is 36.1 Å². The van der Waals surface area contributed by atoms with Gasteiger partial charge in [0.15, 0.2) is 5.65 Å². The molecule has 47 heavy (non-hydrogen) atoms. The van der Waals surface area contributed by atoms with Crippen molar-refractivity contribution in [1.29, 1.82) is 0 Å². The number of nitrogens with one attached hydrogen (secondary N) is 1. The fourth-order valence-corrected chi connectivity index (χ4v) is 7.54. The summed E-state index contributed by atoms with van der Waals surface area (Å²) in [6.07, 6.45) is -1.46. The normalized spacial score (nSPS) is 17.0. The van der Waals surface area contributed by atoms with Crippen molar-refractivity contribution in [2.24, 2.45) is 5.41 Å². The van der Waals surface area contributed by atoms with Gasteiger partial charge in [-0.15, -0.1) is 10.2 Å². The molecule has 1 aliphatic heterocycles. The van der Waals surface area contributed by atoms with Crippen molar-refractivity contribution in [3.63, 3.8) is 0 Å². The molecule has 0 radical (unpaired) electrons. The van der Waals surface area contributed by atoms with Gasteiger partial charge in [-0.25, -0.2) is 13.4 Å². The fraction of sp³-hybridized carbons (Fsp3) is 0.438. The van der Waals surface area contributed by atoms with Crippen LogP contribution in [0.15, 0.2) is 47.6 Å². The Balaban J connectivity index is 1.62. The Labute approximate surface area is 270 Å². The lowest BCUT2D eigenvalue weighted by atomic mass is 9.70. The second-order valence-corrected chi connectivity index (χ2v) is 14.3. The molecule has 0 bridgehead atoms. The van der Waals surface area contributed by atoms with Gasteiger partial charge in [0, 0.05) is 37.9 Å². The number of nitrogens with zero attached hydrogens (tertiary/aromatic N) is 5. The van der Waals surface area contributed by atoms with Crippen molar-refractivity contribution >= 4 is 21.6 Å². The first-order valence-corrected chi connectivity index (χ1v) is 16.5. The summed E-state index contributed by atoms with van der Waals surface area (Å²) < 4.78 is 77.0. The van der Waals surface area contributed by atoms with E-state index in [1.54, 1.807) is 52.1 Å². The minimum absolute atomic E-state index is 0.0195. The number of aliphatic carboxylic acids is 1. The molecule has 0 aliphatic carbocycles. The summed E-state index contributed by atoms with van der Waals surface area (Å²) in [6, 6.07) is 8.35. The van der Waals surface area contributed by atoms with Crippen LogP contribution in [-0.4, -0.2) is 69.6 Å². The second-order valence-electron chi connectivity index (χ2n) is 12.4. The summed E-state index contributed by atoms with van der Waals surface area (Å²) in [7, 11) is -4.09. The van der Waals surface area contributed by atoms with Gasteiger partial charge in [-0.3, -0.25) is 9.20 Å². The van der Waals surface area contributed by atoms with Crippen molar-refractivity contribution in [1.82, 2.24) is 29.2 Å². The van der Waals surface area contributed by atoms with Crippen LogP contribution >= 0.6 is 0 Å². The van der Waals surface area contributed by atoms with Gasteiger partial charge in [0.2, 0.25) is 21.7 Å². The van der Waals surface area contributed by atoms with E-state index in [4.69, 9.17) is 4.74 Å². The molecule has 15 heteroatoms. The maximum Gasteiger partial charge on any atom is 0.452 e. The topological polar surface area (TPSA) is 139 Å². The highest BCUT2D eigenvalue weighted by Crippen LogP contribution is 2.44. The first-order chi connectivity index (χ1) is 22.0. The lowest BCUT2D eigenvalue weighted by Gasteiger charge is -2.33. The van der Waals surface area contributed by atoms with E-state index in [1.807, 2.05) is 6.92 Å². The van der Waals surface area contributed by atoms with Crippen molar-refractivity contribution < 1.29 is 36.2 Å². The monoisotopic (exact) mass is 674 g/mol. The number of halogens is 3. The Morgan fingerprint density at radius 2 is 1.85 bits per heavy atom. The molecule has 0 spiro atoms. The molecule has 1 aliphatic rings. The number of ether oxygens (including phenoxy) is 1. The van der Waals surface area contributed by atoms with Crippen molar-refractivity contribution in [2.75, 3.05) is 26.2 Å². The molecule has 5 rings (SSSR count). The highest BCUT2D eigenvalue weighted by molar-refractivity contribution is 7.89. The molecule has 252 valence electrons. The third-order valence-electron chi connectivity index (χ3n) is 8.61. The third-order valence-corrected chi connectivity index (χ3v) is 10.4. The summed E-state index contributed by atoms with van der Waals surface area (Å²) in [4.78, 5) is 16.9. The van der Waals surface area contributed by atoms with E-state index in [0.717, 1.165) is 9.96 Å². The molecule has 0 amide bonds. The fourth-order valence-electron chi connectivity index (χ4n) is 5.91. The van der Waals surface area contributed by atoms with Gasteiger partial charge in [-0.1, -0.05) is 18.2 Å². The van der Waals surface area contributed by atoms with Crippen LogP contribution in [0, 0.1) is 26.2 Å². The van der Waals surface area contributed by atoms with Gasteiger partial charge in [0.1, 0.15) is 11.5 Å². The molecule has 4 aromatic rings. The Hall–Kier alpha value is -4.08. The number of carboxylic acids is 1. The van der Waals surface area contributed by atoms with E-state index < -0.39 is 39.3 Å². The van der Waals surface area contributed by atoms with Gasteiger partial charge in [-0.05, 0) is 93.1 Å². The smallest absolute Gasteiger partial charge is 0.452 e. The maximum absolute atomic E-state index is 14.2. The van der Waals surface area contributed by atoms with Gasteiger partial charge < -0.3 is 15.2 Å². The van der Waals surface area contributed by atoms with Gasteiger partial charge in [-0.2, -0.15) is 17.5 Å². The SMILES string of the molecule is Cc1cnc2c(c1)S(=O)(=O)N(Cc1cc([C@@H](c3ccn4c(C(F)(F)F)nnc4c3C)C(C)(C)C(=O)O)ccc1C)CCCNCCO2. The molecule has 0 saturated heterocycles. The third kappa shape index (κ3) is 6.69. The number of rotatable bonds is 6. The lowest BCUT2D eigenvalue weighted by Crippen LogP contribution is -2.34. The highest BCUT2D eigenvalue weighted by atomic mass is 32.2. The summed E-state index contributed by atoms with van der Waals surface area (Å²) in [5.41, 5.74) is 1.96. The van der Waals surface area contributed by atoms with Gasteiger partial charge >= 0.3 is 12.1 Å². The van der Waals surface area contributed by atoms with Gasteiger partial charge in [0.05, 0.1) is 5.41 Å². The van der Waals surface area contributed by atoms with E-state index in [0.29, 0.717) is 47.3 Å². The summed E-state index contributed by atoms with van der Waals surface area (Å²) in [6.45, 7) is 9.78. The summed E-state index contributed by atoms with van der Waals surface area (Å²) in [5, 5.41) is 20.7. The Morgan fingerprint density at radius 1 is 1.11 bits per heavy atom. The maximum atomic E-state index is 14.2. The number of benzene rings is 1. The Kier molecular flexibility index (Phi) is 9.36. The minimum atomic E-state index is -4.74. The van der Waals surface area contributed by atoms with E-state index in [9.17, 15) is 31.5 Å². The standard InChI is InChI=1S/C32H37F3N6O5S/c1-19-15-25-28(37-17-19)46-14-11-36-10-6-12-40(47(25,44)45)18-23-16-22(8-7-20(23)2)26(31(4,5)30(42)43)24-9-13-41-27(21(24)3)38-39-29(41)32(33,34)35/h7-9,13,15-17,26,36H,6,10-12,14,18H2,1-5H3,(H,42,43)/t26-/m0/s1. The number of sulfonamides is 1. The van der Waals surface area contributed by atoms with Crippen LogP contribution in [0.2, 0.25) is 0 Å². The number of hydrogen-bond donors (Lipinski definition) is 2. The van der Waals surface area contributed by atoms with Crippen LogP contribution in [0.5, 0.6) is 5.88 Å². The average Bonchev–Trinajstić information content (AvgIpc) is 3.44. The molecule has 0 saturated carbocycles. The zero-order valence-electron chi connectivity index (χ0n) is 26.7. The number of aryl methyl sites for hydroxylation is 3. The van der Waals surface area contributed by atoms with Crippen LogP contribution in [0.25, 0.3) is 5.65 Å². The van der Waals surface area contributed by atoms with E-state index in [2.05, 4.69) is 20.5 Å². The van der Waals surface area contributed by atoms with Crippen molar-refractivity contribution in [3.8, 4) is 5.88 Å². The Bertz CT molecular complexity index is 1930. The van der Waals surface area contributed by atoms with E-state index in [1.165, 1.54) is 22.6 Å². The largest absolute Gasteiger partial charge is 0.481 e. The van der Waals surface area contributed by atoms with Crippen molar-refractivity contribution in [3.05, 3.63) is 81.9 Å². The first kappa shape index (κ1) is 34.3. The molecule has 0 unspecified atom stereocenters. The first-order valence-electron chi connectivity index (χ1n) is 15.1. The molecule has 4 heterocycles. The quantitative estimate of drug-likeness (QED) is 0.293. The predicted molar refractivity (Wildman–Crippen MR) is 167 cm³/mol. The zero-order chi connectivity index (χ0) is 34.3. The average molecular weight is 675 g/mol. The van der Waals surface area contributed by atoms with E-state index >= 15 is 0 Å². The molecule has 0 fully saturated rings. The molecule has 3 aromatic heterocycles. The lowest BCUT2D eigenvalue weighted by molar-refractivity contribution is -0.147. The number of carbonyl (C=O) groups is 1. The zero-order valence-corrected chi connectivity index (χ0v) is 27.5. The van der Waals surface area contributed by atoms with Gasteiger partial charge in [0.25, 0.3) is 0 Å². The Morgan fingerprint density at radius 3 is 2.55 bits per heavy atom. The number of carboxylic acid groups (broad SMARTS) is 1. The van der Waals surface area contributed by atoms with Crippen LogP contribution in [0.1, 0.15) is 65.4 Å². The van der Waals surface area contributed by atoms with Crippen LogP contribution in [0.3, 0.4) is 0 Å². The summed E-state index contributed by atoms with van der Waals surface area (Å²) >= 11 is 0. The number of alkyl halides is 3. The predicted octanol–water partition coefficient (Wildman–Crippen LogP) is 4.87. The number of aromatic nitrogens is 4.